The van der Waals surface area contributed by atoms with E-state index in [1.807, 2.05) is 0 Å². The highest BCUT2D eigenvalue weighted by Crippen LogP contribution is 2.18. The Balaban J connectivity index is 1.66. The lowest BCUT2D eigenvalue weighted by Crippen LogP contribution is -2.37. The summed E-state index contributed by atoms with van der Waals surface area (Å²) in [5.41, 5.74) is 2.24. The van der Waals surface area contributed by atoms with Crippen LogP contribution in [0.25, 0.3) is 0 Å². The third kappa shape index (κ3) is 4.74. The van der Waals surface area contributed by atoms with Crippen molar-refractivity contribution in [1.29, 1.82) is 0 Å². The van der Waals surface area contributed by atoms with Gasteiger partial charge in [-0.25, -0.2) is 4.68 Å². The number of benzene rings is 1. The zero-order valence-corrected chi connectivity index (χ0v) is 15.5. The molecule has 1 aromatic carbocycles. The van der Waals surface area contributed by atoms with Gasteiger partial charge in [-0.2, -0.15) is 5.10 Å². The number of rotatable bonds is 5. The number of aryl methyl sites for hydroxylation is 2. The van der Waals surface area contributed by atoms with Gasteiger partial charge in [0.25, 0.3) is 5.56 Å². The number of aromatic hydroxyl groups is 1. The number of fused-ring (bicyclic) bond motifs is 1. The van der Waals surface area contributed by atoms with Crippen LogP contribution in [0.15, 0.2) is 35.1 Å². The molecule has 3 rings (SSSR count). The SMILES string of the molecule is CN(CC(O)c1ccc(O)cc1)C(=O)Cn1nc2c(cc1=O)CCCCC2. The van der Waals surface area contributed by atoms with Crippen LogP contribution in [0.2, 0.25) is 0 Å². The van der Waals surface area contributed by atoms with Gasteiger partial charge in [-0.3, -0.25) is 9.59 Å². The van der Waals surface area contributed by atoms with Crippen molar-refractivity contribution in [2.45, 2.75) is 44.8 Å². The van der Waals surface area contributed by atoms with Crippen LogP contribution >= 0.6 is 0 Å². The fourth-order valence-corrected chi connectivity index (χ4v) is 3.30. The maximum absolute atomic E-state index is 12.5. The average molecular weight is 371 g/mol. The number of hydrogen-bond acceptors (Lipinski definition) is 5. The van der Waals surface area contributed by atoms with Crippen LogP contribution < -0.4 is 5.56 Å². The number of carbonyl (C=O) groups is 1. The highest BCUT2D eigenvalue weighted by Gasteiger charge is 2.18. The van der Waals surface area contributed by atoms with E-state index in [9.17, 15) is 19.8 Å². The number of likely N-dealkylation sites (N-methyl/N-ethyl adjacent to an activating group) is 1. The molecule has 1 aliphatic carbocycles. The number of amides is 1. The minimum absolute atomic E-state index is 0.0866. The Morgan fingerprint density at radius 3 is 2.67 bits per heavy atom. The summed E-state index contributed by atoms with van der Waals surface area (Å²) in [4.78, 5) is 26.2. The summed E-state index contributed by atoms with van der Waals surface area (Å²) < 4.78 is 1.22. The molecule has 1 atom stereocenters. The first-order chi connectivity index (χ1) is 12.9. The monoisotopic (exact) mass is 371 g/mol. The molecule has 7 heteroatoms. The van der Waals surface area contributed by atoms with Crippen molar-refractivity contribution >= 4 is 5.91 Å². The molecule has 1 amide bonds. The minimum Gasteiger partial charge on any atom is -0.508 e. The first-order valence-electron chi connectivity index (χ1n) is 9.25. The molecule has 0 bridgehead atoms. The van der Waals surface area contributed by atoms with Crippen LogP contribution in [0.3, 0.4) is 0 Å². The summed E-state index contributed by atoms with van der Waals surface area (Å²) >= 11 is 0. The number of phenolic OH excluding ortho intramolecular Hbond substituents is 1. The van der Waals surface area contributed by atoms with Crippen molar-refractivity contribution in [3.05, 3.63) is 57.5 Å². The molecular weight excluding hydrogens is 346 g/mol. The molecule has 0 saturated carbocycles. The van der Waals surface area contributed by atoms with Gasteiger partial charge in [0.2, 0.25) is 5.91 Å². The third-order valence-corrected chi connectivity index (χ3v) is 4.96. The highest BCUT2D eigenvalue weighted by molar-refractivity contribution is 5.75. The highest BCUT2D eigenvalue weighted by atomic mass is 16.3. The number of aliphatic hydroxyl groups is 1. The minimum atomic E-state index is -0.878. The predicted octanol–water partition coefficient (Wildman–Crippen LogP) is 1.41. The Hall–Kier alpha value is -2.67. The zero-order valence-electron chi connectivity index (χ0n) is 15.5. The van der Waals surface area contributed by atoms with Crippen molar-refractivity contribution < 1.29 is 15.0 Å². The van der Waals surface area contributed by atoms with Gasteiger partial charge < -0.3 is 15.1 Å². The van der Waals surface area contributed by atoms with E-state index in [1.165, 1.54) is 21.7 Å². The van der Waals surface area contributed by atoms with E-state index < -0.39 is 6.10 Å². The van der Waals surface area contributed by atoms with Gasteiger partial charge in [-0.1, -0.05) is 18.6 Å². The summed E-state index contributed by atoms with van der Waals surface area (Å²) in [6.45, 7) is -0.0613. The molecule has 1 aromatic heterocycles. The molecule has 0 aliphatic heterocycles. The second-order valence-electron chi connectivity index (χ2n) is 7.05. The second-order valence-corrected chi connectivity index (χ2v) is 7.05. The van der Waals surface area contributed by atoms with Crippen molar-refractivity contribution in [2.75, 3.05) is 13.6 Å². The number of nitrogens with zero attached hydrogens (tertiary/aromatic N) is 3. The van der Waals surface area contributed by atoms with Crippen LogP contribution in [0.1, 0.15) is 42.2 Å². The summed E-state index contributed by atoms with van der Waals surface area (Å²) in [6.07, 6.45) is 4.06. The lowest BCUT2D eigenvalue weighted by Gasteiger charge is -2.21. The molecule has 0 spiro atoms. The molecule has 1 heterocycles. The number of carbonyl (C=O) groups excluding carboxylic acids is 1. The van der Waals surface area contributed by atoms with E-state index in [0.29, 0.717) is 5.56 Å². The van der Waals surface area contributed by atoms with E-state index in [-0.39, 0.29) is 30.3 Å². The second kappa shape index (κ2) is 8.35. The Morgan fingerprint density at radius 2 is 1.93 bits per heavy atom. The van der Waals surface area contributed by atoms with Crippen molar-refractivity contribution in [2.24, 2.45) is 0 Å². The Labute approximate surface area is 157 Å². The topological polar surface area (TPSA) is 95.7 Å². The van der Waals surface area contributed by atoms with E-state index in [0.717, 1.165) is 43.4 Å². The molecule has 7 nitrogen and oxygen atoms in total. The summed E-state index contributed by atoms with van der Waals surface area (Å²) in [5.74, 6) is -0.181. The summed E-state index contributed by atoms with van der Waals surface area (Å²) in [6, 6.07) is 7.79. The predicted molar refractivity (Wildman–Crippen MR) is 100 cm³/mol. The van der Waals surface area contributed by atoms with Crippen molar-refractivity contribution in [1.82, 2.24) is 14.7 Å². The van der Waals surface area contributed by atoms with Crippen molar-refractivity contribution in [3.63, 3.8) is 0 Å². The summed E-state index contributed by atoms with van der Waals surface area (Å²) in [7, 11) is 1.58. The van der Waals surface area contributed by atoms with Gasteiger partial charge in [-0.05, 0) is 48.9 Å². The Morgan fingerprint density at radius 1 is 1.22 bits per heavy atom. The maximum atomic E-state index is 12.5. The first-order valence-corrected chi connectivity index (χ1v) is 9.25. The van der Waals surface area contributed by atoms with Gasteiger partial charge in [0.05, 0.1) is 18.3 Å². The van der Waals surface area contributed by atoms with Gasteiger partial charge in [0, 0.05) is 13.1 Å². The fraction of sp³-hybridized carbons (Fsp3) is 0.450. The smallest absolute Gasteiger partial charge is 0.267 e. The lowest BCUT2D eigenvalue weighted by molar-refractivity contribution is -0.132. The van der Waals surface area contributed by atoms with Gasteiger partial charge >= 0.3 is 0 Å². The molecule has 1 unspecified atom stereocenters. The number of aromatic nitrogens is 2. The van der Waals surface area contributed by atoms with Gasteiger partial charge in [0.1, 0.15) is 12.3 Å². The molecule has 2 N–H and O–H groups in total. The van der Waals surface area contributed by atoms with Crippen LogP contribution in [-0.2, 0) is 24.2 Å². The Kier molecular flexibility index (Phi) is 5.91. The van der Waals surface area contributed by atoms with Gasteiger partial charge in [-0.15, -0.1) is 0 Å². The number of aliphatic hydroxyl groups excluding tert-OH is 1. The third-order valence-electron chi connectivity index (χ3n) is 4.96. The zero-order chi connectivity index (χ0) is 19.4. The van der Waals surface area contributed by atoms with Crippen LogP contribution in [0.5, 0.6) is 5.75 Å². The van der Waals surface area contributed by atoms with Crippen molar-refractivity contribution in [3.8, 4) is 5.75 Å². The number of hydrogen-bond donors (Lipinski definition) is 2. The molecule has 1 aliphatic rings. The van der Waals surface area contributed by atoms with Gasteiger partial charge in [0.15, 0.2) is 0 Å². The van der Waals surface area contributed by atoms with E-state index in [1.54, 1.807) is 25.2 Å². The Bertz CT molecular complexity index is 861. The molecule has 27 heavy (non-hydrogen) atoms. The summed E-state index contributed by atoms with van der Waals surface area (Å²) in [5, 5.41) is 24.0. The van der Waals surface area contributed by atoms with E-state index in [4.69, 9.17) is 0 Å². The number of phenols is 1. The molecule has 0 radical (unpaired) electrons. The molecule has 2 aromatic rings. The largest absolute Gasteiger partial charge is 0.508 e. The standard InChI is InChI=1S/C20H25N3O4/c1-22(12-18(25)14-7-9-16(24)10-8-14)20(27)13-23-19(26)11-15-5-3-2-4-6-17(15)21-23/h7-11,18,24-25H,2-6,12-13H2,1H3. The van der Waals surface area contributed by atoms with Crippen LogP contribution in [-0.4, -0.2) is 44.4 Å². The first kappa shape index (κ1) is 19.1. The fourth-order valence-electron chi connectivity index (χ4n) is 3.30. The lowest BCUT2D eigenvalue weighted by atomic mass is 10.1. The van der Waals surface area contributed by atoms with Crippen LogP contribution in [0, 0.1) is 0 Å². The molecule has 0 fully saturated rings. The molecular formula is C20H25N3O4. The average Bonchev–Trinajstić information content (AvgIpc) is 2.87. The maximum Gasteiger partial charge on any atom is 0.267 e. The molecule has 144 valence electrons. The van der Waals surface area contributed by atoms with E-state index >= 15 is 0 Å². The quantitative estimate of drug-likeness (QED) is 0.775. The molecule has 0 saturated heterocycles. The van der Waals surface area contributed by atoms with Crippen LogP contribution in [0.4, 0.5) is 0 Å². The van der Waals surface area contributed by atoms with E-state index in [2.05, 4.69) is 5.10 Å². The normalized spacial score (nSPS) is 14.9.